The Hall–Kier alpha value is -1.27. The van der Waals surface area contributed by atoms with Gasteiger partial charge in [-0.2, -0.15) is 13.2 Å². The van der Waals surface area contributed by atoms with Crippen molar-refractivity contribution in [1.82, 2.24) is 5.32 Å². The van der Waals surface area contributed by atoms with Crippen LogP contribution in [-0.4, -0.2) is 28.7 Å². The highest BCUT2D eigenvalue weighted by atomic mass is 19.4. The van der Waals surface area contributed by atoms with E-state index >= 15 is 0 Å². The van der Waals surface area contributed by atoms with E-state index in [1.165, 1.54) is 0 Å². The zero-order valence-corrected chi connectivity index (χ0v) is 9.14. The first-order valence-corrected chi connectivity index (χ1v) is 5.32. The maximum absolute atomic E-state index is 11.9. The molecule has 4 nitrogen and oxygen atoms in total. The van der Waals surface area contributed by atoms with Gasteiger partial charge in [-0.1, -0.05) is 0 Å². The fraction of sp³-hybridized carbons (Fsp3) is 0.800. The minimum atomic E-state index is -4.36. The molecule has 1 amide bonds. The largest absolute Gasteiger partial charge is 0.481 e. The van der Waals surface area contributed by atoms with E-state index in [0.29, 0.717) is 12.8 Å². The van der Waals surface area contributed by atoms with Gasteiger partial charge in [-0.3, -0.25) is 9.59 Å². The molecule has 1 saturated carbocycles. The van der Waals surface area contributed by atoms with Crippen LogP contribution in [0.2, 0.25) is 0 Å². The average Bonchev–Trinajstić information content (AvgIpc) is 2.09. The highest BCUT2D eigenvalue weighted by Gasteiger charge is 2.40. The summed E-state index contributed by atoms with van der Waals surface area (Å²) in [6, 6.07) is 0. The van der Waals surface area contributed by atoms with Crippen molar-refractivity contribution < 1.29 is 27.9 Å². The third-order valence-electron chi connectivity index (χ3n) is 2.84. The molecule has 0 saturated heterocycles. The average molecular weight is 253 g/mol. The van der Waals surface area contributed by atoms with E-state index in [-0.39, 0.29) is 6.42 Å². The summed E-state index contributed by atoms with van der Waals surface area (Å²) in [5.41, 5.74) is -0.825. The molecule has 2 N–H and O–H groups in total. The maximum atomic E-state index is 11.9. The molecule has 0 radical (unpaired) electrons. The highest BCUT2D eigenvalue weighted by molar-refractivity contribution is 5.78. The van der Waals surface area contributed by atoms with Gasteiger partial charge in [-0.15, -0.1) is 0 Å². The molecule has 0 aromatic rings. The topological polar surface area (TPSA) is 66.4 Å². The molecule has 17 heavy (non-hydrogen) atoms. The van der Waals surface area contributed by atoms with Crippen molar-refractivity contribution in [2.24, 2.45) is 0 Å². The Labute approximate surface area is 96.2 Å². The predicted octanol–water partition coefficient (Wildman–Crippen LogP) is 1.84. The molecule has 7 heteroatoms. The summed E-state index contributed by atoms with van der Waals surface area (Å²) in [7, 11) is 0. The Balaban J connectivity index is 2.41. The standard InChI is InChI=1S/C10H14F3NO3/c11-10(12,13)5-2-7(15)14-9(3-1-4-9)6-8(16)17/h1-6H2,(H,14,15)(H,16,17). The number of rotatable bonds is 5. The lowest BCUT2D eigenvalue weighted by Gasteiger charge is -2.41. The van der Waals surface area contributed by atoms with E-state index in [4.69, 9.17) is 5.11 Å². The number of hydrogen-bond acceptors (Lipinski definition) is 2. The second-order valence-corrected chi connectivity index (χ2v) is 4.37. The molecule has 0 heterocycles. The monoisotopic (exact) mass is 253 g/mol. The van der Waals surface area contributed by atoms with E-state index in [2.05, 4.69) is 5.32 Å². The smallest absolute Gasteiger partial charge is 0.389 e. The Morgan fingerprint density at radius 2 is 1.88 bits per heavy atom. The van der Waals surface area contributed by atoms with Crippen molar-refractivity contribution in [3.63, 3.8) is 0 Å². The predicted molar refractivity (Wildman–Crippen MR) is 52.3 cm³/mol. The van der Waals surface area contributed by atoms with E-state index in [0.717, 1.165) is 6.42 Å². The Morgan fingerprint density at radius 3 is 2.24 bits per heavy atom. The normalized spacial score (nSPS) is 18.3. The summed E-state index contributed by atoms with van der Waals surface area (Å²) in [5.74, 6) is -1.79. The lowest BCUT2D eigenvalue weighted by molar-refractivity contribution is -0.147. The Kier molecular flexibility index (Phi) is 4.00. The van der Waals surface area contributed by atoms with Crippen LogP contribution in [0.3, 0.4) is 0 Å². The van der Waals surface area contributed by atoms with Crippen LogP contribution >= 0.6 is 0 Å². The minimum absolute atomic E-state index is 0.231. The first-order valence-electron chi connectivity index (χ1n) is 5.32. The quantitative estimate of drug-likeness (QED) is 0.785. The molecule has 0 bridgehead atoms. The Morgan fingerprint density at radius 1 is 1.29 bits per heavy atom. The second kappa shape index (κ2) is 4.93. The van der Waals surface area contributed by atoms with Crippen molar-refractivity contribution >= 4 is 11.9 Å². The fourth-order valence-corrected chi connectivity index (χ4v) is 1.85. The molecule has 1 fully saturated rings. The van der Waals surface area contributed by atoms with Gasteiger partial charge in [0.2, 0.25) is 5.91 Å². The zero-order valence-electron chi connectivity index (χ0n) is 9.14. The molecule has 1 rings (SSSR count). The van der Waals surface area contributed by atoms with Gasteiger partial charge in [-0.05, 0) is 19.3 Å². The summed E-state index contributed by atoms with van der Waals surface area (Å²) in [5, 5.41) is 11.1. The van der Waals surface area contributed by atoms with Gasteiger partial charge in [0.25, 0.3) is 0 Å². The highest BCUT2D eigenvalue weighted by Crippen LogP contribution is 2.35. The molecule has 0 spiro atoms. The zero-order chi connectivity index (χ0) is 13.1. The van der Waals surface area contributed by atoms with Gasteiger partial charge in [0.15, 0.2) is 0 Å². The molecule has 1 aliphatic rings. The van der Waals surface area contributed by atoms with Crippen molar-refractivity contribution in [3.05, 3.63) is 0 Å². The number of carbonyl (C=O) groups excluding carboxylic acids is 1. The molecule has 98 valence electrons. The molecule has 1 aliphatic carbocycles. The summed E-state index contributed by atoms with van der Waals surface area (Å²) in [6.45, 7) is 0. The number of carboxylic acid groups (broad SMARTS) is 1. The third kappa shape index (κ3) is 4.62. The van der Waals surface area contributed by atoms with Crippen LogP contribution in [0.4, 0.5) is 13.2 Å². The number of carboxylic acids is 1. The summed E-state index contributed by atoms with van der Waals surface area (Å²) >= 11 is 0. The first kappa shape index (κ1) is 13.8. The Bertz CT molecular complexity index is 310. The third-order valence-corrected chi connectivity index (χ3v) is 2.84. The number of nitrogens with one attached hydrogen (secondary N) is 1. The lowest BCUT2D eigenvalue weighted by Crippen LogP contribution is -2.54. The number of amides is 1. The van der Waals surface area contributed by atoms with Crippen LogP contribution in [0.15, 0.2) is 0 Å². The molecule has 0 unspecified atom stereocenters. The molecule has 0 atom stereocenters. The molecule has 0 aliphatic heterocycles. The minimum Gasteiger partial charge on any atom is -0.481 e. The SMILES string of the molecule is O=C(O)CC1(NC(=O)CCC(F)(F)F)CCC1. The summed E-state index contributed by atoms with van der Waals surface area (Å²) < 4.78 is 35.6. The number of alkyl halides is 3. The number of aliphatic carboxylic acids is 1. The van der Waals surface area contributed by atoms with Crippen LogP contribution in [0.25, 0.3) is 0 Å². The lowest BCUT2D eigenvalue weighted by atomic mass is 9.74. The van der Waals surface area contributed by atoms with E-state index in [9.17, 15) is 22.8 Å². The van der Waals surface area contributed by atoms with E-state index in [1.54, 1.807) is 0 Å². The van der Waals surface area contributed by atoms with Crippen LogP contribution in [0.5, 0.6) is 0 Å². The van der Waals surface area contributed by atoms with Crippen molar-refractivity contribution in [1.29, 1.82) is 0 Å². The van der Waals surface area contributed by atoms with Crippen LogP contribution < -0.4 is 5.32 Å². The van der Waals surface area contributed by atoms with Crippen LogP contribution in [-0.2, 0) is 9.59 Å². The molecular formula is C10H14F3NO3. The van der Waals surface area contributed by atoms with Gasteiger partial charge >= 0.3 is 12.1 Å². The van der Waals surface area contributed by atoms with Gasteiger partial charge in [0.1, 0.15) is 0 Å². The van der Waals surface area contributed by atoms with Crippen molar-refractivity contribution in [2.75, 3.05) is 0 Å². The van der Waals surface area contributed by atoms with Gasteiger partial charge in [-0.25, -0.2) is 0 Å². The van der Waals surface area contributed by atoms with Gasteiger partial charge < -0.3 is 10.4 Å². The second-order valence-electron chi connectivity index (χ2n) is 4.37. The van der Waals surface area contributed by atoms with E-state index in [1.807, 2.05) is 0 Å². The number of halogens is 3. The number of hydrogen-bond donors (Lipinski definition) is 2. The molecule has 0 aromatic heterocycles. The fourth-order valence-electron chi connectivity index (χ4n) is 1.85. The molecular weight excluding hydrogens is 239 g/mol. The van der Waals surface area contributed by atoms with Crippen molar-refractivity contribution in [2.45, 2.75) is 50.2 Å². The van der Waals surface area contributed by atoms with Crippen molar-refractivity contribution in [3.8, 4) is 0 Å². The summed E-state index contributed by atoms with van der Waals surface area (Å²) in [6.07, 6.45) is -4.62. The maximum Gasteiger partial charge on any atom is 0.389 e. The molecule has 0 aromatic carbocycles. The first-order chi connectivity index (χ1) is 7.72. The summed E-state index contributed by atoms with van der Waals surface area (Å²) in [4.78, 5) is 21.9. The van der Waals surface area contributed by atoms with E-state index < -0.39 is 36.4 Å². The van der Waals surface area contributed by atoms with Gasteiger partial charge in [0.05, 0.1) is 18.4 Å². The number of carbonyl (C=O) groups is 2. The van der Waals surface area contributed by atoms with Gasteiger partial charge in [0, 0.05) is 6.42 Å². The van der Waals surface area contributed by atoms with Crippen LogP contribution in [0, 0.1) is 0 Å². The van der Waals surface area contributed by atoms with Crippen LogP contribution in [0.1, 0.15) is 38.5 Å².